The number of aliphatic hydroxyl groups is 1. The maximum Gasteiger partial charge on any atom is 0.143 e. The molecule has 352 valence electrons. The van der Waals surface area contributed by atoms with Crippen molar-refractivity contribution in [1.82, 2.24) is 0 Å². The Kier molecular flexibility index (Phi) is 21.0. The molecule has 0 spiro atoms. The van der Waals surface area contributed by atoms with Crippen LogP contribution in [0, 0.1) is 13.8 Å². The van der Waals surface area contributed by atoms with E-state index in [0.29, 0.717) is 106 Å². The van der Waals surface area contributed by atoms with Crippen LogP contribution in [0.15, 0.2) is 72.8 Å². The fourth-order valence-corrected chi connectivity index (χ4v) is 8.09. The Balaban J connectivity index is 1.45. The lowest BCUT2D eigenvalue weighted by Crippen LogP contribution is -2.38. The van der Waals surface area contributed by atoms with E-state index in [4.69, 9.17) is 47.7 Å². The molecule has 4 aromatic rings. The summed E-state index contributed by atoms with van der Waals surface area (Å²) in [5.74, 6) is 0.799. The molecule has 0 fully saturated rings. The van der Waals surface area contributed by atoms with Crippen LogP contribution in [0.1, 0.15) is 51.4 Å². The van der Waals surface area contributed by atoms with Gasteiger partial charge in [0.1, 0.15) is 18.9 Å². The Hall–Kier alpha value is -3.92. The molecule has 0 aromatic heterocycles. The average Bonchev–Trinajstić information content (AvgIpc) is 3.56. The number of hydrogen-bond acceptors (Lipinski definition) is 11. The van der Waals surface area contributed by atoms with E-state index < -0.39 is 5.41 Å². The van der Waals surface area contributed by atoms with Crippen molar-refractivity contribution in [2.45, 2.75) is 39.3 Å². The lowest BCUT2D eigenvalue weighted by atomic mass is 9.66. The van der Waals surface area contributed by atoms with E-state index in [-0.39, 0.29) is 6.61 Å². The van der Waals surface area contributed by atoms with Crippen LogP contribution < -0.4 is 9.64 Å². The van der Waals surface area contributed by atoms with Crippen LogP contribution in [0.2, 0.25) is 0 Å². The highest BCUT2D eigenvalue weighted by molar-refractivity contribution is 5.87. The molecule has 64 heavy (non-hydrogen) atoms. The van der Waals surface area contributed by atoms with E-state index in [9.17, 15) is 0 Å². The second kappa shape index (κ2) is 26.3. The van der Waals surface area contributed by atoms with E-state index in [1.807, 2.05) is 0 Å². The molecule has 12 heteroatoms. The molecular formula is C52H75N2O10+. The third kappa shape index (κ3) is 14.0. The first kappa shape index (κ1) is 51.1. The number of aliphatic hydroxyl groups excluding tert-OH is 1. The summed E-state index contributed by atoms with van der Waals surface area (Å²) < 4.78 is 52.7. The molecule has 5 rings (SSSR count). The lowest BCUT2D eigenvalue weighted by Gasteiger charge is -2.36. The number of aryl methyl sites for hydroxylation is 2. The molecule has 0 saturated carbocycles. The van der Waals surface area contributed by atoms with Crippen LogP contribution in [-0.4, -0.2) is 157 Å². The van der Waals surface area contributed by atoms with Crippen molar-refractivity contribution in [3.8, 4) is 16.9 Å². The van der Waals surface area contributed by atoms with Crippen LogP contribution in [0.25, 0.3) is 11.1 Å². The van der Waals surface area contributed by atoms with Gasteiger partial charge in [0.15, 0.2) is 0 Å². The monoisotopic (exact) mass is 888 g/mol. The van der Waals surface area contributed by atoms with Gasteiger partial charge in [0.2, 0.25) is 0 Å². The van der Waals surface area contributed by atoms with Gasteiger partial charge in [0, 0.05) is 26.8 Å². The number of hydrogen-bond donors (Lipinski definition) is 1. The zero-order valence-electron chi connectivity index (χ0n) is 39.9. The zero-order valence-corrected chi connectivity index (χ0v) is 39.9. The third-order valence-corrected chi connectivity index (χ3v) is 11.7. The number of anilines is 1. The quantitative estimate of drug-likeness (QED) is 0.0358. The van der Waals surface area contributed by atoms with Crippen molar-refractivity contribution in [3.05, 3.63) is 117 Å². The smallest absolute Gasteiger partial charge is 0.143 e. The summed E-state index contributed by atoms with van der Waals surface area (Å²) >= 11 is 0. The minimum Gasteiger partial charge on any atom is -0.489 e. The summed E-state index contributed by atoms with van der Waals surface area (Å²) in [5.41, 5.74) is 12.5. The summed E-state index contributed by atoms with van der Waals surface area (Å²) in [7, 11) is 10.3. The highest BCUT2D eigenvalue weighted by atomic mass is 16.6. The molecule has 1 N–H and O–H groups in total. The Morgan fingerprint density at radius 1 is 0.547 bits per heavy atom. The normalized spacial score (nSPS) is 13.0. The third-order valence-electron chi connectivity index (χ3n) is 11.7. The van der Waals surface area contributed by atoms with Crippen LogP contribution in [0.4, 0.5) is 5.69 Å². The minimum atomic E-state index is -0.651. The molecule has 0 unspecified atom stereocenters. The second-order valence-corrected chi connectivity index (χ2v) is 17.1. The number of methoxy groups -OCH3 is 1. The zero-order chi connectivity index (χ0) is 45.8. The van der Waals surface area contributed by atoms with Gasteiger partial charge in [-0.05, 0) is 71.8 Å². The molecule has 4 aromatic carbocycles. The summed E-state index contributed by atoms with van der Waals surface area (Å²) in [6, 6.07) is 27.5. The molecule has 1 aliphatic rings. The second-order valence-electron chi connectivity index (χ2n) is 17.1. The first-order valence-electron chi connectivity index (χ1n) is 22.8. The molecule has 0 heterocycles. The van der Waals surface area contributed by atoms with Crippen LogP contribution >= 0.6 is 0 Å². The number of benzene rings is 4. The van der Waals surface area contributed by atoms with Crippen molar-refractivity contribution in [3.63, 3.8) is 0 Å². The lowest BCUT2D eigenvalue weighted by molar-refractivity contribution is -0.901. The molecule has 0 bridgehead atoms. The molecule has 0 radical (unpaired) electrons. The number of rotatable bonds is 32. The van der Waals surface area contributed by atoms with Crippen molar-refractivity contribution in [1.29, 1.82) is 0 Å². The van der Waals surface area contributed by atoms with Gasteiger partial charge in [0.05, 0.1) is 137 Å². The molecule has 0 amide bonds. The summed E-state index contributed by atoms with van der Waals surface area (Å²) in [4.78, 5) is 2.10. The Bertz CT molecular complexity index is 1950. The van der Waals surface area contributed by atoms with Crippen LogP contribution in [0.3, 0.4) is 0 Å². The maximum atomic E-state index is 8.86. The predicted molar refractivity (Wildman–Crippen MR) is 253 cm³/mol. The first-order chi connectivity index (χ1) is 31.0. The van der Waals surface area contributed by atoms with E-state index in [1.54, 1.807) is 7.11 Å². The SMILES string of the molecule is CC[N+](C)(C)Cc1ccc(C2(c3ccc(N(C)C)c(OCCOCCOCCOCCOC)c3)c3cc(C)ccc3-c3ccc(C)cc32)cc1COCCOCCOCCOCCO. The first-order valence-corrected chi connectivity index (χ1v) is 22.8. The molecule has 0 atom stereocenters. The maximum absolute atomic E-state index is 8.86. The summed E-state index contributed by atoms with van der Waals surface area (Å²) in [6.07, 6.45) is 0. The Morgan fingerprint density at radius 3 is 1.55 bits per heavy atom. The Labute approximate surface area is 382 Å². The van der Waals surface area contributed by atoms with Gasteiger partial charge in [-0.1, -0.05) is 71.8 Å². The Morgan fingerprint density at radius 2 is 1.03 bits per heavy atom. The summed E-state index contributed by atoms with van der Waals surface area (Å²) in [6.45, 7) is 16.0. The van der Waals surface area contributed by atoms with Gasteiger partial charge in [-0.3, -0.25) is 0 Å². The molecule has 0 aliphatic heterocycles. The number of fused-ring (bicyclic) bond motifs is 3. The van der Waals surface area contributed by atoms with Gasteiger partial charge in [-0.25, -0.2) is 0 Å². The standard InChI is InChI=1S/C52H75N2O10/c1-9-54(6,7)38-42-12-13-44(36-43(42)39-63-31-30-61-27-26-59-23-22-57-19-18-55)52(48-34-40(2)10-15-46(48)47-16-11-41(3)35-49(47)52)45-14-17-50(53(4)5)51(37-45)64-33-32-62-29-28-60-25-24-58-21-20-56-8/h10-17,34-37,55H,9,18-33,38-39H2,1-8H3/q+1. The van der Waals surface area contributed by atoms with E-state index in [1.165, 1.54) is 50.1 Å². The minimum absolute atomic E-state index is 0.0108. The van der Waals surface area contributed by atoms with E-state index in [0.717, 1.165) is 34.6 Å². The van der Waals surface area contributed by atoms with Crippen molar-refractivity contribution >= 4 is 5.69 Å². The van der Waals surface area contributed by atoms with Gasteiger partial charge in [0.25, 0.3) is 0 Å². The summed E-state index contributed by atoms with van der Waals surface area (Å²) in [5, 5.41) is 8.86. The van der Waals surface area contributed by atoms with Crippen molar-refractivity contribution in [2.24, 2.45) is 0 Å². The predicted octanol–water partition coefficient (Wildman–Crippen LogP) is 6.96. The van der Waals surface area contributed by atoms with Crippen molar-refractivity contribution < 1.29 is 52.2 Å². The fraction of sp³-hybridized carbons (Fsp3) is 0.538. The van der Waals surface area contributed by atoms with E-state index >= 15 is 0 Å². The molecule has 0 saturated heterocycles. The number of quaternary nitrogens is 1. The fourth-order valence-electron chi connectivity index (χ4n) is 8.09. The van der Waals surface area contributed by atoms with Gasteiger partial charge in [-0.15, -0.1) is 0 Å². The van der Waals surface area contributed by atoms with Gasteiger partial charge >= 0.3 is 0 Å². The largest absolute Gasteiger partial charge is 0.489 e. The molecule has 12 nitrogen and oxygen atoms in total. The highest BCUT2D eigenvalue weighted by Gasteiger charge is 2.47. The number of ether oxygens (including phenoxy) is 9. The van der Waals surface area contributed by atoms with Crippen LogP contribution in [-0.2, 0) is 56.5 Å². The average molecular weight is 888 g/mol. The van der Waals surface area contributed by atoms with Crippen molar-refractivity contribution in [2.75, 3.05) is 152 Å². The molecular weight excluding hydrogens is 813 g/mol. The highest BCUT2D eigenvalue weighted by Crippen LogP contribution is 2.57. The van der Waals surface area contributed by atoms with E-state index in [2.05, 4.69) is 127 Å². The van der Waals surface area contributed by atoms with Crippen LogP contribution in [0.5, 0.6) is 5.75 Å². The number of nitrogens with zero attached hydrogens (tertiary/aromatic N) is 2. The molecule has 1 aliphatic carbocycles. The topological polar surface area (TPSA) is 107 Å². The van der Waals surface area contributed by atoms with Gasteiger partial charge < -0.3 is 57.1 Å². The van der Waals surface area contributed by atoms with Gasteiger partial charge in [-0.2, -0.15) is 0 Å².